The van der Waals surface area contributed by atoms with Gasteiger partial charge in [-0.05, 0) is 23.7 Å². The number of aliphatic hydroxyl groups is 1. The highest BCUT2D eigenvalue weighted by Gasteiger charge is 2.30. The van der Waals surface area contributed by atoms with Crippen LogP contribution >= 0.6 is 23.3 Å². The van der Waals surface area contributed by atoms with E-state index in [0.29, 0.717) is 14.9 Å². The monoisotopic (exact) mass is 311 g/mol. The Morgan fingerprint density at radius 1 is 1.55 bits per heavy atom. The lowest BCUT2D eigenvalue weighted by Gasteiger charge is -2.05. The molecule has 104 valence electrons. The molecule has 1 atom stereocenters. The summed E-state index contributed by atoms with van der Waals surface area (Å²) in [7, 11) is 0. The number of nitrogens with zero attached hydrogens (tertiary/aromatic N) is 2. The molecular weight excluding hydrogens is 301 g/mol. The van der Waals surface area contributed by atoms with Crippen LogP contribution in [0.1, 0.15) is 24.4 Å². The van der Waals surface area contributed by atoms with E-state index in [-0.39, 0.29) is 5.56 Å². The Morgan fingerprint density at radius 3 is 3.05 bits per heavy atom. The predicted octanol–water partition coefficient (Wildman–Crippen LogP) is 2.38. The summed E-state index contributed by atoms with van der Waals surface area (Å²) in [5, 5.41) is 12.1. The average Bonchev–Trinajstić information content (AvgIpc) is 2.98. The lowest BCUT2D eigenvalue weighted by atomic mass is 10.1. The number of fused-ring (bicyclic) bond motifs is 1. The predicted molar refractivity (Wildman–Crippen MR) is 73.4 cm³/mol. The molecular formula is C12H10FN3O2S2. The molecule has 5 nitrogen and oxygen atoms in total. The van der Waals surface area contributed by atoms with E-state index in [9.17, 15) is 14.3 Å². The van der Waals surface area contributed by atoms with Crippen molar-refractivity contribution in [1.82, 2.24) is 9.36 Å². The number of aromatic nitrogens is 2. The second-order valence-corrected chi connectivity index (χ2v) is 6.23. The molecule has 1 amide bonds. The third-order valence-corrected chi connectivity index (χ3v) is 4.69. The fourth-order valence-electron chi connectivity index (χ4n) is 1.84. The lowest BCUT2D eigenvalue weighted by Crippen LogP contribution is -2.10. The van der Waals surface area contributed by atoms with E-state index < -0.39 is 17.8 Å². The van der Waals surface area contributed by atoms with Gasteiger partial charge >= 0.3 is 0 Å². The van der Waals surface area contributed by atoms with Crippen molar-refractivity contribution in [2.45, 2.75) is 28.7 Å². The molecule has 0 saturated heterocycles. The van der Waals surface area contributed by atoms with Gasteiger partial charge in [0.15, 0.2) is 10.4 Å². The summed E-state index contributed by atoms with van der Waals surface area (Å²) in [4.78, 5) is 15.9. The van der Waals surface area contributed by atoms with Crippen LogP contribution in [0, 0.1) is 5.82 Å². The number of halogens is 1. The van der Waals surface area contributed by atoms with Crippen molar-refractivity contribution in [3.05, 3.63) is 29.3 Å². The number of anilines is 1. The Bertz CT molecular complexity index is 689. The number of carbonyl (C=O) groups is 1. The minimum Gasteiger partial charge on any atom is -0.378 e. The first-order valence-corrected chi connectivity index (χ1v) is 7.50. The van der Waals surface area contributed by atoms with Crippen molar-refractivity contribution in [2.24, 2.45) is 0 Å². The lowest BCUT2D eigenvalue weighted by molar-refractivity contribution is -0.123. The van der Waals surface area contributed by atoms with Crippen LogP contribution in [0.2, 0.25) is 0 Å². The number of benzene rings is 1. The zero-order valence-electron chi connectivity index (χ0n) is 10.4. The molecule has 1 aromatic carbocycles. The van der Waals surface area contributed by atoms with Crippen LogP contribution in [0.25, 0.3) is 0 Å². The van der Waals surface area contributed by atoms with Gasteiger partial charge in [0.2, 0.25) is 0 Å². The number of hydrogen-bond donors (Lipinski definition) is 2. The summed E-state index contributed by atoms with van der Waals surface area (Å²) < 4.78 is 18.8. The van der Waals surface area contributed by atoms with Crippen LogP contribution in [0.15, 0.2) is 21.4 Å². The number of carbonyl (C=O) groups excluding carboxylic acids is 1. The van der Waals surface area contributed by atoms with Gasteiger partial charge in [0.05, 0.1) is 4.90 Å². The van der Waals surface area contributed by atoms with E-state index in [1.807, 2.05) is 6.92 Å². The van der Waals surface area contributed by atoms with E-state index in [1.54, 1.807) is 0 Å². The van der Waals surface area contributed by atoms with E-state index in [1.165, 1.54) is 23.7 Å². The van der Waals surface area contributed by atoms with Crippen LogP contribution in [0.5, 0.6) is 0 Å². The van der Waals surface area contributed by atoms with Crippen LogP contribution in [-0.2, 0) is 11.2 Å². The normalized spacial score (nSPS) is 17.1. The van der Waals surface area contributed by atoms with Crippen molar-refractivity contribution in [3.63, 3.8) is 0 Å². The van der Waals surface area contributed by atoms with Crippen LogP contribution < -0.4 is 5.32 Å². The van der Waals surface area contributed by atoms with Crippen molar-refractivity contribution >= 4 is 34.9 Å². The highest BCUT2D eigenvalue weighted by atomic mass is 32.2. The Labute approximate surface area is 122 Å². The molecule has 0 aliphatic carbocycles. The number of nitrogens with one attached hydrogen (secondary N) is 1. The molecule has 8 heteroatoms. The molecule has 0 bridgehead atoms. The van der Waals surface area contributed by atoms with Gasteiger partial charge in [0.1, 0.15) is 11.6 Å². The fraction of sp³-hybridized carbons (Fsp3) is 0.250. The Balaban J connectivity index is 1.91. The zero-order valence-corrected chi connectivity index (χ0v) is 12.0. The molecule has 1 aliphatic heterocycles. The molecule has 0 fully saturated rings. The van der Waals surface area contributed by atoms with E-state index in [0.717, 1.165) is 24.0 Å². The standard InChI is InChI=1S/C12H10FN3O2S2/c1-2-9-15-12(20-16-9)19-8-4-7-5(3-6(8)13)10(17)11(18)14-7/h3-4,10,17H,2H2,1H3,(H,14,18). The van der Waals surface area contributed by atoms with E-state index in [2.05, 4.69) is 14.7 Å². The van der Waals surface area contributed by atoms with Gasteiger partial charge in [0.25, 0.3) is 5.91 Å². The Morgan fingerprint density at radius 2 is 2.35 bits per heavy atom. The molecule has 2 aromatic rings. The van der Waals surface area contributed by atoms with Crippen molar-refractivity contribution in [3.8, 4) is 0 Å². The van der Waals surface area contributed by atoms with Gasteiger partial charge < -0.3 is 10.4 Å². The first kappa shape index (κ1) is 13.5. The summed E-state index contributed by atoms with van der Waals surface area (Å²) >= 11 is 2.37. The molecule has 1 aliphatic rings. The number of aliphatic hydroxyl groups excluding tert-OH is 1. The van der Waals surface area contributed by atoms with Crippen molar-refractivity contribution in [1.29, 1.82) is 0 Å². The number of hydrogen-bond acceptors (Lipinski definition) is 6. The molecule has 1 aromatic heterocycles. The van der Waals surface area contributed by atoms with Gasteiger partial charge in [-0.1, -0.05) is 18.7 Å². The van der Waals surface area contributed by atoms with Gasteiger partial charge in [0, 0.05) is 17.7 Å². The molecule has 2 N–H and O–H groups in total. The summed E-state index contributed by atoms with van der Waals surface area (Å²) in [6, 6.07) is 2.69. The fourth-order valence-corrected chi connectivity index (χ4v) is 3.54. The average molecular weight is 311 g/mol. The number of amides is 1. The molecule has 20 heavy (non-hydrogen) atoms. The third-order valence-electron chi connectivity index (χ3n) is 2.87. The Kier molecular flexibility index (Phi) is 3.45. The summed E-state index contributed by atoms with van der Waals surface area (Å²) in [6.45, 7) is 1.95. The highest BCUT2D eigenvalue weighted by molar-refractivity contribution is 8.01. The quantitative estimate of drug-likeness (QED) is 0.910. The summed E-state index contributed by atoms with van der Waals surface area (Å²) in [5.74, 6) is -0.300. The smallest absolute Gasteiger partial charge is 0.257 e. The zero-order chi connectivity index (χ0) is 14.3. The second kappa shape index (κ2) is 5.12. The van der Waals surface area contributed by atoms with Gasteiger partial charge in [-0.15, -0.1) is 0 Å². The van der Waals surface area contributed by atoms with Crippen LogP contribution in [0.3, 0.4) is 0 Å². The molecule has 0 radical (unpaired) electrons. The maximum atomic E-state index is 14.0. The molecule has 1 unspecified atom stereocenters. The summed E-state index contributed by atoms with van der Waals surface area (Å²) in [6.07, 6.45) is -0.571. The molecule has 0 saturated carbocycles. The van der Waals surface area contributed by atoms with E-state index >= 15 is 0 Å². The maximum Gasteiger partial charge on any atom is 0.257 e. The Hall–Kier alpha value is -1.51. The third kappa shape index (κ3) is 2.30. The first-order chi connectivity index (χ1) is 9.58. The minimum absolute atomic E-state index is 0.267. The van der Waals surface area contributed by atoms with Crippen molar-refractivity contribution in [2.75, 3.05) is 5.32 Å². The van der Waals surface area contributed by atoms with Crippen molar-refractivity contribution < 1.29 is 14.3 Å². The number of rotatable bonds is 3. The first-order valence-electron chi connectivity index (χ1n) is 5.91. The largest absolute Gasteiger partial charge is 0.378 e. The number of aryl methyl sites for hydroxylation is 1. The molecule has 3 rings (SSSR count). The molecule has 2 heterocycles. The van der Waals surface area contributed by atoms with Gasteiger partial charge in [-0.25, -0.2) is 9.37 Å². The summed E-state index contributed by atoms with van der Waals surface area (Å²) in [5.41, 5.74) is 0.704. The van der Waals surface area contributed by atoms with Crippen LogP contribution in [-0.4, -0.2) is 20.4 Å². The SMILES string of the molecule is CCc1nsc(Sc2cc3c(cc2F)C(O)C(=O)N3)n1. The van der Waals surface area contributed by atoms with Gasteiger partial charge in [-0.2, -0.15) is 4.37 Å². The second-order valence-electron chi connectivity index (χ2n) is 4.19. The maximum absolute atomic E-state index is 14.0. The molecule has 0 spiro atoms. The highest BCUT2D eigenvalue weighted by Crippen LogP contribution is 2.38. The van der Waals surface area contributed by atoms with Crippen LogP contribution in [0.4, 0.5) is 10.1 Å². The minimum atomic E-state index is -1.30. The van der Waals surface area contributed by atoms with Gasteiger partial charge in [-0.3, -0.25) is 4.79 Å². The topological polar surface area (TPSA) is 75.1 Å². The van der Waals surface area contributed by atoms with E-state index in [4.69, 9.17) is 0 Å².